The van der Waals surface area contributed by atoms with Crippen LogP contribution in [0.5, 0.6) is 17.2 Å². The molecule has 0 spiro atoms. The van der Waals surface area contributed by atoms with Gasteiger partial charge >= 0.3 is 0 Å². The molecule has 0 aliphatic carbocycles. The average molecular weight is 323 g/mol. The Morgan fingerprint density at radius 1 is 0.947 bits per heavy atom. The Balaban J connectivity index is 2.03. The predicted molar refractivity (Wildman–Crippen MR) is 78.0 cm³/mol. The fourth-order valence-corrected chi connectivity index (χ4v) is 2.25. The fourth-order valence-electron chi connectivity index (χ4n) is 1.66. The van der Waals surface area contributed by atoms with E-state index < -0.39 is 0 Å². The zero-order valence-corrected chi connectivity index (χ0v) is 12.4. The number of hydrogen-bond acceptors (Lipinski definition) is 3. The van der Waals surface area contributed by atoms with Crippen LogP contribution in [0.25, 0.3) is 0 Å². The van der Waals surface area contributed by atoms with E-state index in [4.69, 9.17) is 14.2 Å². The van der Waals surface area contributed by atoms with Gasteiger partial charge in [0.15, 0.2) is 0 Å². The highest BCUT2D eigenvalue weighted by Crippen LogP contribution is 2.26. The molecule has 0 aromatic heterocycles. The minimum Gasteiger partial charge on any atom is -0.497 e. The number of halogens is 1. The van der Waals surface area contributed by atoms with E-state index >= 15 is 0 Å². The highest BCUT2D eigenvalue weighted by atomic mass is 79.9. The monoisotopic (exact) mass is 322 g/mol. The van der Waals surface area contributed by atoms with Gasteiger partial charge in [-0.3, -0.25) is 0 Å². The molecule has 0 radical (unpaired) electrons. The second-order valence-electron chi connectivity index (χ2n) is 3.94. The van der Waals surface area contributed by atoms with Crippen LogP contribution in [0.3, 0.4) is 0 Å². The third-order valence-electron chi connectivity index (χ3n) is 2.66. The standard InChI is InChI=1S/C15H15BrO3/c1-17-12-4-3-5-13(9-12)19-10-11-6-7-15(18-2)14(16)8-11/h3-9H,10H2,1-2H3. The Morgan fingerprint density at radius 2 is 1.74 bits per heavy atom. The van der Waals surface area contributed by atoms with Crippen molar-refractivity contribution in [3.63, 3.8) is 0 Å². The molecule has 0 bridgehead atoms. The largest absolute Gasteiger partial charge is 0.497 e. The van der Waals surface area contributed by atoms with Crippen LogP contribution in [0.2, 0.25) is 0 Å². The van der Waals surface area contributed by atoms with E-state index in [1.165, 1.54) is 0 Å². The van der Waals surface area contributed by atoms with Crippen molar-refractivity contribution in [1.29, 1.82) is 0 Å². The van der Waals surface area contributed by atoms with Crippen molar-refractivity contribution < 1.29 is 14.2 Å². The lowest BCUT2D eigenvalue weighted by atomic mass is 10.2. The van der Waals surface area contributed by atoms with Gasteiger partial charge in [-0.2, -0.15) is 0 Å². The molecule has 0 saturated heterocycles. The summed E-state index contributed by atoms with van der Waals surface area (Å²) in [6.45, 7) is 0.496. The summed E-state index contributed by atoms with van der Waals surface area (Å²) in [5.41, 5.74) is 1.07. The zero-order valence-electron chi connectivity index (χ0n) is 10.9. The predicted octanol–water partition coefficient (Wildman–Crippen LogP) is 4.05. The minimum absolute atomic E-state index is 0.496. The maximum Gasteiger partial charge on any atom is 0.133 e. The first kappa shape index (κ1) is 13.7. The van der Waals surface area contributed by atoms with Crippen LogP contribution in [-0.2, 0) is 6.61 Å². The molecule has 0 fully saturated rings. The first-order chi connectivity index (χ1) is 9.22. The van der Waals surface area contributed by atoms with Gasteiger partial charge in [0.25, 0.3) is 0 Å². The second-order valence-corrected chi connectivity index (χ2v) is 4.79. The van der Waals surface area contributed by atoms with Gasteiger partial charge in [-0.25, -0.2) is 0 Å². The molecule has 0 heterocycles. The van der Waals surface area contributed by atoms with Gasteiger partial charge in [0.1, 0.15) is 23.9 Å². The molecule has 2 aromatic carbocycles. The van der Waals surface area contributed by atoms with Crippen LogP contribution in [0.1, 0.15) is 5.56 Å². The molecule has 0 aliphatic heterocycles. The van der Waals surface area contributed by atoms with Gasteiger partial charge in [-0.1, -0.05) is 12.1 Å². The van der Waals surface area contributed by atoms with Crippen LogP contribution in [-0.4, -0.2) is 14.2 Å². The molecule has 3 nitrogen and oxygen atoms in total. The smallest absolute Gasteiger partial charge is 0.133 e. The van der Waals surface area contributed by atoms with Crippen molar-refractivity contribution in [2.24, 2.45) is 0 Å². The normalized spacial score (nSPS) is 10.1. The van der Waals surface area contributed by atoms with Gasteiger partial charge in [-0.15, -0.1) is 0 Å². The maximum atomic E-state index is 5.72. The molecule has 2 aromatic rings. The third kappa shape index (κ3) is 3.64. The molecule has 0 aliphatic rings. The van der Waals surface area contributed by atoms with Gasteiger partial charge in [0.2, 0.25) is 0 Å². The van der Waals surface area contributed by atoms with E-state index in [0.717, 1.165) is 27.3 Å². The van der Waals surface area contributed by atoms with Crippen molar-refractivity contribution in [2.45, 2.75) is 6.61 Å². The SMILES string of the molecule is COc1cccc(OCc2ccc(OC)c(Br)c2)c1. The van der Waals surface area contributed by atoms with Gasteiger partial charge in [-0.05, 0) is 45.8 Å². The molecule has 0 atom stereocenters. The summed E-state index contributed by atoms with van der Waals surface area (Å²) in [5.74, 6) is 2.38. The van der Waals surface area contributed by atoms with E-state index in [1.807, 2.05) is 42.5 Å². The van der Waals surface area contributed by atoms with Crippen LogP contribution in [0, 0.1) is 0 Å². The van der Waals surface area contributed by atoms with Crippen molar-refractivity contribution in [3.05, 3.63) is 52.5 Å². The number of benzene rings is 2. The van der Waals surface area contributed by atoms with Crippen LogP contribution in [0.4, 0.5) is 0 Å². The summed E-state index contributed by atoms with van der Waals surface area (Å²) in [4.78, 5) is 0. The lowest BCUT2D eigenvalue weighted by molar-refractivity contribution is 0.303. The van der Waals surface area contributed by atoms with Crippen LogP contribution < -0.4 is 14.2 Å². The minimum atomic E-state index is 0.496. The van der Waals surface area contributed by atoms with Crippen molar-refractivity contribution in [3.8, 4) is 17.2 Å². The zero-order chi connectivity index (χ0) is 13.7. The van der Waals surface area contributed by atoms with Crippen molar-refractivity contribution in [1.82, 2.24) is 0 Å². The highest BCUT2D eigenvalue weighted by molar-refractivity contribution is 9.10. The second kappa shape index (κ2) is 6.48. The van der Waals surface area contributed by atoms with Crippen LogP contribution >= 0.6 is 15.9 Å². The molecule has 4 heteroatoms. The van der Waals surface area contributed by atoms with Gasteiger partial charge in [0.05, 0.1) is 18.7 Å². The van der Waals surface area contributed by atoms with Crippen molar-refractivity contribution >= 4 is 15.9 Å². The fraction of sp³-hybridized carbons (Fsp3) is 0.200. The van der Waals surface area contributed by atoms with Gasteiger partial charge in [0, 0.05) is 6.07 Å². The average Bonchev–Trinajstić information content (AvgIpc) is 2.45. The molecule has 19 heavy (non-hydrogen) atoms. The van der Waals surface area contributed by atoms with E-state index in [-0.39, 0.29) is 0 Å². The van der Waals surface area contributed by atoms with E-state index in [1.54, 1.807) is 14.2 Å². The lowest BCUT2D eigenvalue weighted by Gasteiger charge is -2.09. The molecule has 0 amide bonds. The molecular weight excluding hydrogens is 308 g/mol. The molecule has 2 rings (SSSR count). The summed E-state index contributed by atoms with van der Waals surface area (Å²) in [6.07, 6.45) is 0. The summed E-state index contributed by atoms with van der Waals surface area (Å²) >= 11 is 3.46. The Hall–Kier alpha value is -1.68. The van der Waals surface area contributed by atoms with Crippen LogP contribution in [0.15, 0.2) is 46.9 Å². The van der Waals surface area contributed by atoms with Crippen molar-refractivity contribution in [2.75, 3.05) is 14.2 Å². The summed E-state index contributed by atoms with van der Waals surface area (Å²) in [7, 11) is 3.28. The number of hydrogen-bond donors (Lipinski definition) is 0. The molecule has 0 N–H and O–H groups in total. The lowest BCUT2D eigenvalue weighted by Crippen LogP contribution is -1.96. The molecular formula is C15H15BrO3. The van der Waals surface area contributed by atoms with E-state index in [2.05, 4.69) is 15.9 Å². The summed E-state index contributed by atoms with van der Waals surface area (Å²) in [6, 6.07) is 13.4. The maximum absolute atomic E-state index is 5.72. The topological polar surface area (TPSA) is 27.7 Å². The molecule has 100 valence electrons. The highest BCUT2D eigenvalue weighted by Gasteiger charge is 2.03. The quantitative estimate of drug-likeness (QED) is 0.831. The first-order valence-electron chi connectivity index (χ1n) is 5.82. The Bertz CT molecular complexity index is 555. The van der Waals surface area contributed by atoms with E-state index in [0.29, 0.717) is 6.61 Å². The molecule has 0 saturated carbocycles. The number of ether oxygens (including phenoxy) is 3. The number of methoxy groups -OCH3 is 2. The summed E-state index contributed by atoms with van der Waals surface area (Å²) in [5, 5.41) is 0. The van der Waals surface area contributed by atoms with E-state index in [9.17, 15) is 0 Å². The Kier molecular flexibility index (Phi) is 4.68. The Labute approximate surface area is 121 Å². The number of rotatable bonds is 5. The summed E-state index contributed by atoms with van der Waals surface area (Å²) < 4.78 is 17.0. The first-order valence-corrected chi connectivity index (χ1v) is 6.61. The third-order valence-corrected chi connectivity index (χ3v) is 3.28. The van der Waals surface area contributed by atoms with Gasteiger partial charge < -0.3 is 14.2 Å². The molecule has 0 unspecified atom stereocenters. The Morgan fingerprint density at radius 3 is 2.42 bits per heavy atom.